The van der Waals surface area contributed by atoms with Gasteiger partial charge in [0.15, 0.2) is 11.6 Å². The third-order valence-corrected chi connectivity index (χ3v) is 4.45. The number of nitrogens with one attached hydrogen (secondary N) is 1. The Morgan fingerprint density at radius 1 is 1.38 bits per heavy atom. The van der Waals surface area contributed by atoms with Crippen molar-refractivity contribution < 1.29 is 9.18 Å². The third kappa shape index (κ3) is 2.72. The standard InChI is InChI=1S/C15H21FN4O/c1-17-14-13(16)12(5-6-18-14)15(21)20-9-3-8-19-7-2-4-11(19)10-20/h5-6,11H,2-4,7-10H2,1H3,(H,17,18). The summed E-state index contributed by atoms with van der Waals surface area (Å²) in [6.07, 6.45) is 4.75. The van der Waals surface area contributed by atoms with Gasteiger partial charge in [-0.2, -0.15) is 0 Å². The van der Waals surface area contributed by atoms with Gasteiger partial charge in [0.2, 0.25) is 0 Å². The summed E-state index contributed by atoms with van der Waals surface area (Å²) in [4.78, 5) is 20.8. The average molecular weight is 292 g/mol. The molecule has 0 aromatic carbocycles. The monoisotopic (exact) mass is 292 g/mol. The lowest BCUT2D eigenvalue weighted by molar-refractivity contribution is 0.0738. The summed E-state index contributed by atoms with van der Waals surface area (Å²) in [6.45, 7) is 3.56. The molecular weight excluding hydrogens is 271 g/mol. The molecule has 6 heteroatoms. The molecule has 1 unspecified atom stereocenters. The summed E-state index contributed by atoms with van der Waals surface area (Å²) >= 11 is 0. The average Bonchev–Trinajstić information content (AvgIpc) is 2.84. The van der Waals surface area contributed by atoms with E-state index in [1.54, 1.807) is 11.9 Å². The molecule has 3 rings (SSSR count). The van der Waals surface area contributed by atoms with E-state index in [0.29, 0.717) is 19.1 Å². The van der Waals surface area contributed by atoms with Gasteiger partial charge in [-0.1, -0.05) is 0 Å². The SMILES string of the molecule is CNc1nccc(C(=O)N2CCCN3CCCC3C2)c1F. The molecule has 3 heterocycles. The Labute approximate surface area is 124 Å². The zero-order valence-corrected chi connectivity index (χ0v) is 12.3. The molecule has 2 saturated heterocycles. The molecule has 0 saturated carbocycles. The highest BCUT2D eigenvalue weighted by atomic mass is 19.1. The molecule has 1 atom stereocenters. The van der Waals surface area contributed by atoms with Crippen LogP contribution in [0.2, 0.25) is 0 Å². The van der Waals surface area contributed by atoms with Crippen LogP contribution in [0.15, 0.2) is 12.3 Å². The summed E-state index contributed by atoms with van der Waals surface area (Å²) in [6, 6.07) is 1.90. The van der Waals surface area contributed by atoms with Gasteiger partial charge in [-0.25, -0.2) is 9.37 Å². The number of carbonyl (C=O) groups excluding carboxylic acids is 1. The molecule has 2 aliphatic rings. The summed E-state index contributed by atoms with van der Waals surface area (Å²) in [7, 11) is 1.60. The molecule has 1 aromatic rings. The maximum atomic E-state index is 14.3. The van der Waals surface area contributed by atoms with Crippen molar-refractivity contribution in [2.24, 2.45) is 0 Å². The predicted octanol–water partition coefficient (Wildman–Crippen LogP) is 1.57. The van der Waals surface area contributed by atoms with E-state index in [1.165, 1.54) is 18.7 Å². The Hall–Kier alpha value is -1.69. The molecule has 1 N–H and O–H groups in total. The van der Waals surface area contributed by atoms with E-state index in [0.717, 1.165) is 25.9 Å². The highest BCUT2D eigenvalue weighted by molar-refractivity contribution is 5.95. The first-order valence-electron chi connectivity index (χ1n) is 7.56. The topological polar surface area (TPSA) is 48.5 Å². The number of hydrogen-bond donors (Lipinski definition) is 1. The minimum Gasteiger partial charge on any atom is -0.371 e. The number of pyridine rings is 1. The van der Waals surface area contributed by atoms with Crippen LogP contribution < -0.4 is 5.32 Å². The van der Waals surface area contributed by atoms with Crippen LogP contribution in [0, 0.1) is 5.82 Å². The fourth-order valence-corrected chi connectivity index (χ4v) is 3.34. The number of rotatable bonds is 2. The fraction of sp³-hybridized carbons (Fsp3) is 0.600. The lowest BCUT2D eigenvalue weighted by Gasteiger charge is -2.26. The molecule has 2 aliphatic heterocycles. The zero-order chi connectivity index (χ0) is 14.8. The molecule has 0 bridgehead atoms. The lowest BCUT2D eigenvalue weighted by atomic mass is 10.1. The first-order valence-corrected chi connectivity index (χ1v) is 7.56. The molecule has 0 aliphatic carbocycles. The van der Waals surface area contributed by atoms with Crippen LogP contribution in [0.5, 0.6) is 0 Å². The predicted molar refractivity (Wildman–Crippen MR) is 78.9 cm³/mol. The Bertz CT molecular complexity index is 536. The Balaban J connectivity index is 1.81. The fourth-order valence-electron chi connectivity index (χ4n) is 3.34. The normalized spacial score (nSPS) is 22.8. The number of aromatic nitrogens is 1. The maximum absolute atomic E-state index is 14.3. The number of halogens is 1. The van der Waals surface area contributed by atoms with Gasteiger partial charge in [-0.15, -0.1) is 0 Å². The first kappa shape index (κ1) is 14.3. The second-order valence-electron chi connectivity index (χ2n) is 5.71. The van der Waals surface area contributed by atoms with E-state index < -0.39 is 5.82 Å². The van der Waals surface area contributed by atoms with Crippen molar-refractivity contribution in [2.75, 3.05) is 38.5 Å². The van der Waals surface area contributed by atoms with Crippen molar-refractivity contribution in [3.8, 4) is 0 Å². The van der Waals surface area contributed by atoms with Crippen molar-refractivity contribution in [1.82, 2.24) is 14.8 Å². The van der Waals surface area contributed by atoms with Crippen molar-refractivity contribution >= 4 is 11.7 Å². The number of carbonyl (C=O) groups is 1. The van der Waals surface area contributed by atoms with Gasteiger partial charge in [-0.3, -0.25) is 9.69 Å². The summed E-state index contributed by atoms with van der Waals surface area (Å²) < 4.78 is 14.3. The summed E-state index contributed by atoms with van der Waals surface area (Å²) in [5, 5.41) is 2.68. The van der Waals surface area contributed by atoms with E-state index in [9.17, 15) is 9.18 Å². The molecule has 114 valence electrons. The lowest BCUT2D eigenvalue weighted by Crippen LogP contribution is -2.40. The van der Waals surface area contributed by atoms with Gasteiger partial charge in [0.05, 0.1) is 5.56 Å². The van der Waals surface area contributed by atoms with E-state index >= 15 is 0 Å². The molecule has 0 spiro atoms. The van der Waals surface area contributed by atoms with E-state index in [4.69, 9.17) is 0 Å². The molecule has 1 aromatic heterocycles. The minimum absolute atomic E-state index is 0.112. The van der Waals surface area contributed by atoms with E-state index in [1.807, 2.05) is 0 Å². The van der Waals surface area contributed by atoms with Crippen LogP contribution in [0.4, 0.5) is 10.2 Å². The number of amides is 1. The number of fused-ring (bicyclic) bond motifs is 1. The van der Waals surface area contributed by atoms with Gasteiger partial charge in [0.1, 0.15) is 0 Å². The van der Waals surface area contributed by atoms with Gasteiger partial charge in [0.25, 0.3) is 5.91 Å². The number of nitrogens with zero attached hydrogens (tertiary/aromatic N) is 3. The Morgan fingerprint density at radius 3 is 3.00 bits per heavy atom. The summed E-state index contributed by atoms with van der Waals surface area (Å²) in [5.74, 6) is -0.657. The maximum Gasteiger partial charge on any atom is 0.257 e. The first-order chi connectivity index (χ1) is 10.2. The van der Waals surface area contributed by atoms with Crippen molar-refractivity contribution in [3.05, 3.63) is 23.6 Å². The van der Waals surface area contributed by atoms with Gasteiger partial charge in [0, 0.05) is 38.9 Å². The second kappa shape index (κ2) is 5.97. The van der Waals surface area contributed by atoms with Crippen molar-refractivity contribution in [2.45, 2.75) is 25.3 Å². The zero-order valence-electron chi connectivity index (χ0n) is 12.3. The molecular formula is C15H21FN4O. The highest BCUT2D eigenvalue weighted by Crippen LogP contribution is 2.23. The molecule has 5 nitrogen and oxygen atoms in total. The smallest absolute Gasteiger partial charge is 0.257 e. The van der Waals surface area contributed by atoms with Crippen LogP contribution >= 0.6 is 0 Å². The van der Waals surface area contributed by atoms with Crippen molar-refractivity contribution in [1.29, 1.82) is 0 Å². The van der Waals surface area contributed by atoms with Gasteiger partial charge >= 0.3 is 0 Å². The Morgan fingerprint density at radius 2 is 2.19 bits per heavy atom. The highest BCUT2D eigenvalue weighted by Gasteiger charge is 2.31. The molecule has 2 fully saturated rings. The van der Waals surface area contributed by atoms with Gasteiger partial charge in [-0.05, 0) is 31.9 Å². The Kier molecular flexibility index (Phi) is 4.05. The molecule has 21 heavy (non-hydrogen) atoms. The van der Waals surface area contributed by atoms with E-state index in [-0.39, 0.29) is 17.3 Å². The second-order valence-corrected chi connectivity index (χ2v) is 5.71. The minimum atomic E-state index is -0.558. The third-order valence-electron chi connectivity index (χ3n) is 4.45. The molecule has 0 radical (unpaired) electrons. The van der Waals surface area contributed by atoms with Crippen LogP contribution in [0.25, 0.3) is 0 Å². The van der Waals surface area contributed by atoms with Crippen LogP contribution in [0.1, 0.15) is 29.6 Å². The number of anilines is 1. The molecule has 1 amide bonds. The van der Waals surface area contributed by atoms with Gasteiger partial charge < -0.3 is 10.2 Å². The quantitative estimate of drug-likeness (QED) is 0.899. The van der Waals surface area contributed by atoms with Crippen molar-refractivity contribution in [3.63, 3.8) is 0 Å². The van der Waals surface area contributed by atoms with Crippen LogP contribution in [0.3, 0.4) is 0 Å². The summed E-state index contributed by atoms with van der Waals surface area (Å²) in [5.41, 5.74) is 0.112. The largest absolute Gasteiger partial charge is 0.371 e. The number of hydrogen-bond acceptors (Lipinski definition) is 4. The van der Waals surface area contributed by atoms with E-state index in [2.05, 4.69) is 15.2 Å². The van der Waals surface area contributed by atoms with Crippen LogP contribution in [-0.2, 0) is 0 Å². The van der Waals surface area contributed by atoms with Crippen LogP contribution in [-0.4, -0.2) is 60.0 Å².